The number of nitrogens with zero attached hydrogens (tertiary/aromatic N) is 1. The predicted octanol–water partition coefficient (Wildman–Crippen LogP) is 3.23. The third-order valence-corrected chi connectivity index (χ3v) is 4.56. The molecule has 0 spiro atoms. The first-order valence-corrected chi connectivity index (χ1v) is 8.78. The summed E-state index contributed by atoms with van der Waals surface area (Å²) in [5, 5.41) is 6.43. The number of para-hydroxylation sites is 2. The van der Waals surface area contributed by atoms with Gasteiger partial charge < -0.3 is 20.3 Å². The lowest BCUT2D eigenvalue weighted by Gasteiger charge is -2.26. The van der Waals surface area contributed by atoms with Crippen LogP contribution < -0.4 is 15.5 Å². The lowest BCUT2D eigenvalue weighted by molar-refractivity contribution is -0.117. The van der Waals surface area contributed by atoms with Gasteiger partial charge in [0.1, 0.15) is 0 Å². The van der Waals surface area contributed by atoms with Crippen LogP contribution in [0.5, 0.6) is 0 Å². The Morgan fingerprint density at radius 1 is 1.16 bits per heavy atom. The molecule has 1 aromatic rings. The topological polar surface area (TPSA) is 53.6 Å². The smallest absolute Gasteiger partial charge is 0.226 e. The van der Waals surface area contributed by atoms with Crippen molar-refractivity contribution in [2.75, 3.05) is 43.1 Å². The second-order valence-corrected chi connectivity index (χ2v) is 6.40. The predicted molar refractivity (Wildman–Crippen MR) is 107 cm³/mol. The summed E-state index contributed by atoms with van der Waals surface area (Å²) < 4.78 is 5.42. The molecule has 2 heterocycles. The molecule has 25 heavy (non-hydrogen) atoms. The van der Waals surface area contributed by atoms with Crippen LogP contribution in [0.1, 0.15) is 32.1 Å². The largest absolute Gasteiger partial charge is 0.378 e. The van der Waals surface area contributed by atoms with Crippen LogP contribution in [0.4, 0.5) is 11.4 Å². The highest BCUT2D eigenvalue weighted by Crippen LogP contribution is 2.28. The van der Waals surface area contributed by atoms with Crippen LogP contribution in [-0.2, 0) is 9.53 Å². The fourth-order valence-corrected chi connectivity index (χ4v) is 3.34. The number of carbonyl (C=O) groups is 1. The van der Waals surface area contributed by atoms with Crippen LogP contribution in [0.2, 0.25) is 0 Å². The van der Waals surface area contributed by atoms with Crippen LogP contribution in [0.25, 0.3) is 0 Å². The van der Waals surface area contributed by atoms with Crippen LogP contribution in [0.15, 0.2) is 24.3 Å². The van der Waals surface area contributed by atoms with Crippen LogP contribution >= 0.6 is 24.8 Å². The van der Waals surface area contributed by atoms with Gasteiger partial charge in [-0.3, -0.25) is 4.79 Å². The molecule has 1 atom stereocenters. The average molecular weight is 390 g/mol. The van der Waals surface area contributed by atoms with Crippen LogP contribution in [-0.4, -0.2) is 44.8 Å². The van der Waals surface area contributed by atoms with Crippen LogP contribution in [0, 0.1) is 0 Å². The Hall–Kier alpha value is -1.01. The Morgan fingerprint density at radius 2 is 1.88 bits per heavy atom. The first-order valence-electron chi connectivity index (χ1n) is 8.78. The molecule has 1 amide bonds. The SMILES string of the molecule is Cl.Cl.O=C(CC1COCCN1)Nc1ccccc1N1CCCCCC1. The molecule has 0 aliphatic carbocycles. The third kappa shape index (κ3) is 6.66. The van der Waals surface area contributed by atoms with E-state index in [1.807, 2.05) is 18.2 Å². The number of hydrogen-bond acceptors (Lipinski definition) is 4. The molecule has 2 aliphatic heterocycles. The first-order chi connectivity index (χ1) is 11.3. The van der Waals surface area contributed by atoms with Gasteiger partial charge in [-0.25, -0.2) is 0 Å². The Morgan fingerprint density at radius 3 is 2.56 bits per heavy atom. The number of morpholine rings is 1. The van der Waals surface area contributed by atoms with Crippen molar-refractivity contribution in [2.45, 2.75) is 38.1 Å². The lowest BCUT2D eigenvalue weighted by atomic mass is 10.1. The first kappa shape index (κ1) is 22.0. The molecule has 3 rings (SSSR count). The number of hydrogen-bond donors (Lipinski definition) is 2. The molecule has 1 unspecified atom stereocenters. The molecule has 2 N–H and O–H groups in total. The highest BCUT2D eigenvalue weighted by molar-refractivity contribution is 5.94. The molecule has 2 fully saturated rings. The summed E-state index contributed by atoms with van der Waals surface area (Å²) >= 11 is 0. The van der Waals surface area contributed by atoms with Crippen molar-refractivity contribution in [1.29, 1.82) is 0 Å². The highest BCUT2D eigenvalue weighted by Gasteiger charge is 2.19. The van der Waals surface area contributed by atoms with Gasteiger partial charge in [-0.1, -0.05) is 25.0 Å². The van der Waals surface area contributed by atoms with E-state index >= 15 is 0 Å². The van der Waals surface area contributed by atoms with Gasteiger partial charge in [0.25, 0.3) is 0 Å². The van der Waals surface area contributed by atoms with Gasteiger partial charge in [0, 0.05) is 32.1 Å². The quantitative estimate of drug-likeness (QED) is 0.829. The maximum atomic E-state index is 12.4. The van der Waals surface area contributed by atoms with Crippen molar-refractivity contribution in [3.8, 4) is 0 Å². The van der Waals surface area contributed by atoms with Crippen molar-refractivity contribution < 1.29 is 9.53 Å². The molecule has 0 bridgehead atoms. The van der Waals surface area contributed by atoms with E-state index in [2.05, 4.69) is 21.6 Å². The maximum Gasteiger partial charge on any atom is 0.226 e. The average Bonchev–Trinajstić information content (AvgIpc) is 2.85. The minimum absolute atomic E-state index is 0. The Kier molecular flexibility index (Phi) is 10.2. The Bertz CT molecular complexity index is 517. The number of ether oxygens (including phenoxy) is 1. The number of carbonyl (C=O) groups excluding carboxylic acids is 1. The van der Waals surface area contributed by atoms with E-state index in [1.165, 1.54) is 25.7 Å². The Labute approximate surface area is 162 Å². The number of nitrogens with one attached hydrogen (secondary N) is 2. The van der Waals surface area contributed by atoms with Gasteiger partial charge in [-0.15, -0.1) is 24.8 Å². The fourth-order valence-electron chi connectivity index (χ4n) is 3.34. The van der Waals surface area contributed by atoms with Gasteiger partial charge in [0.2, 0.25) is 5.91 Å². The molecular weight excluding hydrogens is 361 g/mol. The van der Waals surface area contributed by atoms with Crippen molar-refractivity contribution in [2.24, 2.45) is 0 Å². The standard InChI is InChI=1S/C18H27N3O2.2ClH/c22-18(13-15-14-23-12-9-19-15)20-16-7-3-4-8-17(16)21-10-5-1-2-6-11-21;;/h3-4,7-8,15,19H,1-2,5-6,9-14H2,(H,20,22);2*1H. The van der Waals surface area contributed by atoms with Gasteiger partial charge in [-0.2, -0.15) is 0 Å². The zero-order valence-electron chi connectivity index (χ0n) is 14.5. The zero-order chi connectivity index (χ0) is 15.9. The van der Waals surface area contributed by atoms with Crippen LogP contribution in [0.3, 0.4) is 0 Å². The van der Waals surface area contributed by atoms with E-state index in [0.29, 0.717) is 13.0 Å². The second kappa shape index (κ2) is 11.6. The van der Waals surface area contributed by atoms with E-state index in [1.54, 1.807) is 0 Å². The number of amides is 1. The molecule has 5 nitrogen and oxygen atoms in total. The summed E-state index contributed by atoms with van der Waals surface area (Å²) in [6.07, 6.45) is 5.52. The fraction of sp³-hybridized carbons (Fsp3) is 0.611. The zero-order valence-corrected chi connectivity index (χ0v) is 16.2. The minimum Gasteiger partial charge on any atom is -0.378 e. The molecule has 7 heteroatoms. The summed E-state index contributed by atoms with van der Waals surface area (Å²) in [6, 6.07) is 8.27. The molecule has 0 aromatic heterocycles. The lowest BCUT2D eigenvalue weighted by Crippen LogP contribution is -2.43. The van der Waals surface area contributed by atoms with Gasteiger partial charge in [-0.05, 0) is 25.0 Å². The second-order valence-electron chi connectivity index (χ2n) is 6.40. The molecule has 1 aromatic carbocycles. The van der Waals surface area contributed by atoms with E-state index in [-0.39, 0.29) is 36.8 Å². The highest BCUT2D eigenvalue weighted by atomic mass is 35.5. The molecule has 2 aliphatic rings. The summed E-state index contributed by atoms with van der Waals surface area (Å²) in [7, 11) is 0. The summed E-state index contributed by atoms with van der Waals surface area (Å²) in [4.78, 5) is 14.8. The molecule has 0 saturated carbocycles. The van der Waals surface area contributed by atoms with E-state index in [9.17, 15) is 4.79 Å². The number of halogens is 2. The molecule has 0 radical (unpaired) electrons. The van der Waals surface area contributed by atoms with E-state index in [4.69, 9.17) is 4.74 Å². The molecule has 142 valence electrons. The normalized spacial score (nSPS) is 20.6. The molecule has 2 saturated heterocycles. The van der Waals surface area contributed by atoms with Crippen molar-refractivity contribution >= 4 is 42.1 Å². The number of rotatable bonds is 4. The number of anilines is 2. The summed E-state index contributed by atoms with van der Waals surface area (Å²) in [5.41, 5.74) is 2.08. The summed E-state index contributed by atoms with van der Waals surface area (Å²) in [5.74, 6) is 0.0512. The van der Waals surface area contributed by atoms with E-state index in [0.717, 1.165) is 37.6 Å². The van der Waals surface area contributed by atoms with Crippen molar-refractivity contribution in [1.82, 2.24) is 5.32 Å². The minimum atomic E-state index is 0. The van der Waals surface area contributed by atoms with Gasteiger partial charge >= 0.3 is 0 Å². The maximum absolute atomic E-state index is 12.4. The van der Waals surface area contributed by atoms with Gasteiger partial charge in [0.05, 0.1) is 24.6 Å². The monoisotopic (exact) mass is 389 g/mol. The molecular formula is C18H29Cl2N3O2. The number of benzene rings is 1. The Balaban J connectivity index is 0.00000156. The van der Waals surface area contributed by atoms with Crippen molar-refractivity contribution in [3.63, 3.8) is 0 Å². The third-order valence-electron chi connectivity index (χ3n) is 4.56. The summed E-state index contributed by atoms with van der Waals surface area (Å²) in [6.45, 7) is 4.31. The van der Waals surface area contributed by atoms with Crippen molar-refractivity contribution in [3.05, 3.63) is 24.3 Å². The van der Waals surface area contributed by atoms with Gasteiger partial charge in [0.15, 0.2) is 0 Å². The van der Waals surface area contributed by atoms with E-state index < -0.39 is 0 Å².